The van der Waals surface area contributed by atoms with E-state index in [1.165, 1.54) is 5.56 Å². The van der Waals surface area contributed by atoms with E-state index < -0.39 is 0 Å². The number of ether oxygens (including phenoxy) is 2. The van der Waals surface area contributed by atoms with Gasteiger partial charge in [-0.25, -0.2) is 0 Å². The molecule has 0 unspecified atom stereocenters. The standard InChI is InChI=1S/C19H18O2/c1-19(2)17-10-5-4-9-16(17)18(21-19)12-11-14-7-6-8-15(13-14)20-3/h4-10,13,18H,1-3H3/t18-/m1/s1. The van der Waals surface area contributed by atoms with Crippen molar-refractivity contribution in [3.63, 3.8) is 0 Å². The lowest BCUT2D eigenvalue weighted by atomic mass is 9.95. The normalized spacial score (nSPS) is 18.5. The van der Waals surface area contributed by atoms with E-state index in [4.69, 9.17) is 9.47 Å². The van der Waals surface area contributed by atoms with Crippen LogP contribution >= 0.6 is 0 Å². The molecule has 0 amide bonds. The summed E-state index contributed by atoms with van der Waals surface area (Å²) >= 11 is 0. The molecule has 3 rings (SSSR count). The molecule has 0 radical (unpaired) electrons. The van der Waals surface area contributed by atoms with Crippen LogP contribution in [0.3, 0.4) is 0 Å². The van der Waals surface area contributed by atoms with Crippen molar-refractivity contribution in [1.82, 2.24) is 0 Å². The quantitative estimate of drug-likeness (QED) is 0.733. The van der Waals surface area contributed by atoms with Gasteiger partial charge >= 0.3 is 0 Å². The van der Waals surface area contributed by atoms with Crippen molar-refractivity contribution in [2.45, 2.75) is 25.6 Å². The van der Waals surface area contributed by atoms with Crippen molar-refractivity contribution in [2.24, 2.45) is 0 Å². The van der Waals surface area contributed by atoms with Crippen molar-refractivity contribution in [1.29, 1.82) is 0 Å². The molecule has 0 aromatic heterocycles. The van der Waals surface area contributed by atoms with Gasteiger partial charge in [-0.15, -0.1) is 0 Å². The molecule has 0 spiro atoms. The fourth-order valence-corrected chi connectivity index (χ4v) is 2.65. The van der Waals surface area contributed by atoms with Crippen LogP contribution in [0, 0.1) is 11.8 Å². The van der Waals surface area contributed by atoms with Crippen molar-refractivity contribution in [2.75, 3.05) is 7.11 Å². The number of hydrogen-bond donors (Lipinski definition) is 0. The first-order valence-corrected chi connectivity index (χ1v) is 7.03. The van der Waals surface area contributed by atoms with E-state index in [9.17, 15) is 0 Å². The van der Waals surface area contributed by atoms with Gasteiger partial charge in [0.05, 0.1) is 12.7 Å². The Labute approximate surface area is 125 Å². The Bertz CT molecular complexity index is 720. The van der Waals surface area contributed by atoms with E-state index in [1.807, 2.05) is 36.4 Å². The fourth-order valence-electron chi connectivity index (χ4n) is 2.65. The van der Waals surface area contributed by atoms with Gasteiger partial charge in [-0.3, -0.25) is 0 Å². The summed E-state index contributed by atoms with van der Waals surface area (Å²) in [7, 11) is 1.66. The second kappa shape index (κ2) is 5.27. The van der Waals surface area contributed by atoms with Crippen LogP contribution < -0.4 is 4.74 Å². The summed E-state index contributed by atoms with van der Waals surface area (Å²) in [6.45, 7) is 4.16. The van der Waals surface area contributed by atoms with Crippen molar-refractivity contribution in [3.8, 4) is 17.6 Å². The van der Waals surface area contributed by atoms with Gasteiger partial charge in [0.15, 0.2) is 0 Å². The number of fused-ring (bicyclic) bond motifs is 1. The molecule has 1 aliphatic heterocycles. The molecule has 2 nitrogen and oxygen atoms in total. The lowest BCUT2D eigenvalue weighted by Crippen LogP contribution is -2.15. The van der Waals surface area contributed by atoms with Crippen LogP contribution in [0.4, 0.5) is 0 Å². The lowest BCUT2D eigenvalue weighted by Gasteiger charge is -2.18. The second-order valence-electron chi connectivity index (χ2n) is 5.60. The van der Waals surface area contributed by atoms with Crippen molar-refractivity contribution >= 4 is 0 Å². The molecule has 0 fully saturated rings. The highest BCUT2D eigenvalue weighted by Gasteiger charge is 2.36. The minimum atomic E-state index is -0.287. The average Bonchev–Trinajstić information content (AvgIpc) is 2.77. The third kappa shape index (κ3) is 2.66. The summed E-state index contributed by atoms with van der Waals surface area (Å²) in [6, 6.07) is 16.0. The first kappa shape index (κ1) is 13.7. The third-order valence-electron chi connectivity index (χ3n) is 3.72. The van der Waals surface area contributed by atoms with E-state index in [1.54, 1.807) is 7.11 Å². The van der Waals surface area contributed by atoms with E-state index in [0.717, 1.165) is 16.9 Å². The molecule has 0 saturated heterocycles. The largest absolute Gasteiger partial charge is 0.497 e. The molecule has 2 aromatic carbocycles. The maximum Gasteiger partial charge on any atom is 0.145 e. The van der Waals surface area contributed by atoms with Crippen LogP contribution in [0.1, 0.15) is 36.6 Å². The zero-order valence-electron chi connectivity index (χ0n) is 12.5. The van der Waals surface area contributed by atoms with Crippen LogP contribution in [0.15, 0.2) is 48.5 Å². The summed E-state index contributed by atoms with van der Waals surface area (Å²) < 4.78 is 11.3. The van der Waals surface area contributed by atoms with Crippen molar-refractivity contribution in [3.05, 3.63) is 65.2 Å². The Balaban J connectivity index is 1.92. The Kier molecular flexibility index (Phi) is 3.45. The molecule has 106 valence electrons. The molecule has 2 aromatic rings. The Morgan fingerprint density at radius 2 is 1.90 bits per heavy atom. The van der Waals surface area contributed by atoms with Gasteiger partial charge in [0, 0.05) is 5.56 Å². The average molecular weight is 278 g/mol. The van der Waals surface area contributed by atoms with Gasteiger partial charge in [-0.2, -0.15) is 0 Å². The zero-order valence-corrected chi connectivity index (χ0v) is 12.5. The van der Waals surface area contributed by atoms with Crippen LogP contribution in [-0.4, -0.2) is 7.11 Å². The Morgan fingerprint density at radius 3 is 2.71 bits per heavy atom. The zero-order chi connectivity index (χ0) is 14.9. The molecule has 0 saturated carbocycles. The molecule has 0 bridgehead atoms. The molecule has 1 heterocycles. The highest BCUT2D eigenvalue weighted by Crippen LogP contribution is 2.42. The van der Waals surface area contributed by atoms with Gasteiger partial charge in [0.1, 0.15) is 11.9 Å². The topological polar surface area (TPSA) is 18.5 Å². The first-order chi connectivity index (χ1) is 10.1. The number of methoxy groups -OCH3 is 1. The molecule has 21 heavy (non-hydrogen) atoms. The first-order valence-electron chi connectivity index (χ1n) is 7.03. The summed E-state index contributed by atoms with van der Waals surface area (Å²) in [5, 5.41) is 0. The summed E-state index contributed by atoms with van der Waals surface area (Å²) in [6.07, 6.45) is -0.178. The maximum atomic E-state index is 6.09. The molecule has 1 atom stereocenters. The number of benzene rings is 2. The molecule has 0 N–H and O–H groups in total. The predicted octanol–water partition coefficient (Wildman–Crippen LogP) is 4.05. The number of rotatable bonds is 1. The monoisotopic (exact) mass is 278 g/mol. The molecule has 1 aliphatic rings. The molecule has 2 heteroatoms. The van der Waals surface area contributed by atoms with Crippen molar-refractivity contribution < 1.29 is 9.47 Å². The SMILES string of the molecule is COc1cccc(C#C[C@H]2OC(C)(C)c3ccccc32)c1. The maximum absolute atomic E-state index is 6.09. The Hall–Kier alpha value is -2.24. The summed E-state index contributed by atoms with van der Waals surface area (Å²) in [5.74, 6) is 7.23. The van der Waals surface area contributed by atoms with E-state index in [-0.39, 0.29) is 11.7 Å². The van der Waals surface area contributed by atoms with Gasteiger partial charge < -0.3 is 9.47 Å². The third-order valence-corrected chi connectivity index (χ3v) is 3.72. The highest BCUT2D eigenvalue weighted by atomic mass is 16.5. The second-order valence-corrected chi connectivity index (χ2v) is 5.60. The van der Waals surface area contributed by atoms with E-state index in [2.05, 4.69) is 37.8 Å². The molecular formula is C19H18O2. The van der Waals surface area contributed by atoms with Gasteiger partial charge in [-0.1, -0.05) is 42.2 Å². The van der Waals surface area contributed by atoms with E-state index in [0.29, 0.717) is 0 Å². The van der Waals surface area contributed by atoms with Crippen LogP contribution in [0.2, 0.25) is 0 Å². The Morgan fingerprint density at radius 1 is 1.10 bits per heavy atom. The number of hydrogen-bond acceptors (Lipinski definition) is 2. The van der Waals surface area contributed by atoms with Gasteiger partial charge in [0.25, 0.3) is 0 Å². The summed E-state index contributed by atoms with van der Waals surface area (Å²) in [4.78, 5) is 0. The smallest absolute Gasteiger partial charge is 0.145 e. The van der Waals surface area contributed by atoms with Crippen LogP contribution in [0.25, 0.3) is 0 Å². The van der Waals surface area contributed by atoms with E-state index >= 15 is 0 Å². The fraction of sp³-hybridized carbons (Fsp3) is 0.263. The lowest BCUT2D eigenvalue weighted by molar-refractivity contribution is -0.0267. The molecular weight excluding hydrogens is 260 g/mol. The van der Waals surface area contributed by atoms with Crippen LogP contribution in [0.5, 0.6) is 5.75 Å². The minimum Gasteiger partial charge on any atom is -0.497 e. The van der Waals surface area contributed by atoms with Gasteiger partial charge in [0.2, 0.25) is 0 Å². The molecule has 0 aliphatic carbocycles. The van der Waals surface area contributed by atoms with Gasteiger partial charge in [-0.05, 0) is 43.2 Å². The van der Waals surface area contributed by atoms with Crippen LogP contribution in [-0.2, 0) is 10.3 Å². The minimum absolute atomic E-state index is 0.178. The highest BCUT2D eigenvalue weighted by molar-refractivity contribution is 5.45. The summed E-state index contributed by atoms with van der Waals surface area (Å²) in [5.41, 5.74) is 3.03. The predicted molar refractivity (Wildman–Crippen MR) is 83.2 cm³/mol.